The van der Waals surface area contributed by atoms with Crippen LogP contribution in [0.1, 0.15) is 54.0 Å². The van der Waals surface area contributed by atoms with Gasteiger partial charge in [0, 0.05) is 18.0 Å². The Hall–Kier alpha value is -2.31. The first-order valence-corrected chi connectivity index (χ1v) is 8.44. The van der Waals surface area contributed by atoms with Crippen LogP contribution in [0.3, 0.4) is 0 Å². The van der Waals surface area contributed by atoms with Gasteiger partial charge in [-0.3, -0.25) is 4.98 Å². The Balaban J connectivity index is 3.60. The number of aromatic nitrogens is 1. The fourth-order valence-corrected chi connectivity index (χ4v) is 2.03. The van der Waals surface area contributed by atoms with Crippen LogP contribution >= 0.6 is 0 Å². The lowest BCUT2D eigenvalue weighted by Gasteiger charge is -2.28. The van der Waals surface area contributed by atoms with Crippen LogP contribution in [-0.2, 0) is 9.47 Å². The maximum absolute atomic E-state index is 13.9. The van der Waals surface area contributed by atoms with Crippen LogP contribution in [0.25, 0.3) is 0 Å². The van der Waals surface area contributed by atoms with E-state index in [9.17, 15) is 13.2 Å². The quantitative estimate of drug-likeness (QED) is 0.366. The Morgan fingerprint density at radius 3 is 2.00 bits per heavy atom. The van der Waals surface area contributed by atoms with Crippen molar-refractivity contribution in [1.29, 1.82) is 0 Å². The van der Waals surface area contributed by atoms with E-state index >= 15 is 0 Å². The molecule has 0 radical (unpaired) electrons. The molecule has 0 N–H and O–H groups in total. The summed E-state index contributed by atoms with van der Waals surface area (Å²) in [6, 6.07) is 3.38. The molecule has 27 heavy (non-hydrogen) atoms. The standard InChI is InChI=1S/C20H27F3N2O2/c1-13(15-10-9-11-24-12-15)25-17(27-19(6,7)8)16(20(21,22)23)14(2)26-18(3,4)5/h9-12H,2H2,1,3-8H3/b17-16-,25-13+. The van der Waals surface area contributed by atoms with Crippen molar-refractivity contribution >= 4 is 5.71 Å². The van der Waals surface area contributed by atoms with Gasteiger partial charge in [0.05, 0.1) is 5.71 Å². The SMILES string of the molecule is C=C(OC(C)(C)C)/C(=C(\N=C(/C)c1cccnc1)OC(C)(C)C)C(F)(F)F. The summed E-state index contributed by atoms with van der Waals surface area (Å²) in [6.45, 7) is 14.9. The molecule has 1 heterocycles. The van der Waals surface area contributed by atoms with Gasteiger partial charge < -0.3 is 9.47 Å². The van der Waals surface area contributed by atoms with Crippen molar-refractivity contribution in [2.45, 2.75) is 65.8 Å². The van der Waals surface area contributed by atoms with E-state index < -0.39 is 34.6 Å². The summed E-state index contributed by atoms with van der Waals surface area (Å²) >= 11 is 0. The van der Waals surface area contributed by atoms with E-state index in [0.29, 0.717) is 11.3 Å². The van der Waals surface area contributed by atoms with E-state index in [0.717, 1.165) is 0 Å². The average Bonchev–Trinajstić information content (AvgIpc) is 2.42. The fraction of sp³-hybridized carbons (Fsp3) is 0.500. The van der Waals surface area contributed by atoms with Gasteiger partial charge in [-0.25, -0.2) is 4.99 Å². The van der Waals surface area contributed by atoms with Gasteiger partial charge in [0.25, 0.3) is 0 Å². The maximum Gasteiger partial charge on any atom is 0.425 e. The molecular weight excluding hydrogens is 357 g/mol. The lowest BCUT2D eigenvalue weighted by atomic mass is 10.1. The molecule has 0 saturated heterocycles. The molecule has 0 bridgehead atoms. The van der Waals surface area contributed by atoms with Gasteiger partial charge in [-0.15, -0.1) is 0 Å². The number of nitrogens with zero attached hydrogens (tertiary/aromatic N) is 2. The molecule has 1 aromatic heterocycles. The summed E-state index contributed by atoms with van der Waals surface area (Å²) in [6.07, 6.45) is -1.68. The first kappa shape index (κ1) is 22.7. The average molecular weight is 384 g/mol. The van der Waals surface area contributed by atoms with Gasteiger partial charge >= 0.3 is 6.18 Å². The molecule has 0 unspecified atom stereocenters. The molecule has 0 aliphatic carbocycles. The lowest BCUT2D eigenvalue weighted by Crippen LogP contribution is -2.27. The first-order chi connectivity index (χ1) is 12.1. The van der Waals surface area contributed by atoms with Gasteiger partial charge in [0.1, 0.15) is 17.0 Å². The number of hydrogen-bond acceptors (Lipinski definition) is 4. The molecule has 1 aromatic rings. The van der Waals surface area contributed by atoms with E-state index in [1.165, 1.54) is 6.20 Å². The summed E-state index contributed by atoms with van der Waals surface area (Å²) in [5.41, 5.74) is -2.01. The molecule has 0 spiro atoms. The van der Waals surface area contributed by atoms with Crippen LogP contribution in [-0.4, -0.2) is 28.1 Å². The highest BCUT2D eigenvalue weighted by Crippen LogP contribution is 2.37. The smallest absolute Gasteiger partial charge is 0.425 e. The third kappa shape index (κ3) is 7.85. The minimum atomic E-state index is -4.76. The molecule has 0 aliphatic heterocycles. The predicted octanol–water partition coefficient (Wildman–Crippen LogP) is 5.81. The zero-order valence-corrected chi connectivity index (χ0v) is 16.9. The summed E-state index contributed by atoms with van der Waals surface area (Å²) in [5.74, 6) is -1.14. The van der Waals surface area contributed by atoms with Crippen LogP contribution in [0.4, 0.5) is 13.2 Å². The number of allylic oxidation sites excluding steroid dienone is 1. The first-order valence-electron chi connectivity index (χ1n) is 8.44. The van der Waals surface area contributed by atoms with E-state index in [1.807, 2.05) is 0 Å². The van der Waals surface area contributed by atoms with E-state index in [1.54, 1.807) is 66.8 Å². The second kappa shape index (κ2) is 8.15. The summed E-state index contributed by atoms with van der Waals surface area (Å²) in [4.78, 5) is 8.09. The molecule has 1 rings (SSSR count). The second-order valence-corrected chi connectivity index (χ2v) is 7.97. The van der Waals surface area contributed by atoms with Gasteiger partial charge in [-0.1, -0.05) is 12.6 Å². The Kier molecular flexibility index (Phi) is 6.86. The molecule has 0 fully saturated rings. The van der Waals surface area contributed by atoms with Gasteiger partial charge in [-0.05, 0) is 54.5 Å². The molecule has 0 saturated carbocycles. The van der Waals surface area contributed by atoms with Crippen molar-refractivity contribution in [3.8, 4) is 0 Å². The number of alkyl halides is 3. The highest BCUT2D eigenvalue weighted by molar-refractivity contribution is 5.98. The summed E-state index contributed by atoms with van der Waals surface area (Å²) < 4.78 is 52.5. The Morgan fingerprint density at radius 1 is 1.04 bits per heavy atom. The number of halogens is 3. The fourth-order valence-electron chi connectivity index (χ4n) is 2.03. The highest BCUT2D eigenvalue weighted by Gasteiger charge is 2.42. The topological polar surface area (TPSA) is 43.7 Å². The van der Waals surface area contributed by atoms with Crippen molar-refractivity contribution < 1.29 is 22.6 Å². The van der Waals surface area contributed by atoms with Crippen molar-refractivity contribution in [2.75, 3.05) is 0 Å². The van der Waals surface area contributed by atoms with Crippen molar-refractivity contribution in [2.24, 2.45) is 4.99 Å². The summed E-state index contributed by atoms with van der Waals surface area (Å²) in [7, 11) is 0. The number of aliphatic imine (C=N–C) groups is 1. The predicted molar refractivity (Wildman–Crippen MR) is 100 cm³/mol. The van der Waals surface area contributed by atoms with Crippen LogP contribution in [0, 0.1) is 0 Å². The van der Waals surface area contributed by atoms with Crippen molar-refractivity contribution in [3.63, 3.8) is 0 Å². The van der Waals surface area contributed by atoms with Crippen LogP contribution in [0.5, 0.6) is 0 Å². The Morgan fingerprint density at radius 2 is 1.59 bits per heavy atom. The third-order valence-corrected chi connectivity index (χ3v) is 2.96. The number of pyridine rings is 1. The Labute approximate surface area is 158 Å². The molecular formula is C20H27F3N2O2. The van der Waals surface area contributed by atoms with E-state index in [-0.39, 0.29) is 0 Å². The van der Waals surface area contributed by atoms with E-state index in [2.05, 4.69) is 16.6 Å². The van der Waals surface area contributed by atoms with Crippen molar-refractivity contribution in [3.05, 3.63) is 53.9 Å². The largest absolute Gasteiger partial charge is 0.488 e. The van der Waals surface area contributed by atoms with Gasteiger partial charge in [0.2, 0.25) is 5.88 Å². The molecule has 4 nitrogen and oxygen atoms in total. The zero-order valence-electron chi connectivity index (χ0n) is 16.9. The van der Waals surface area contributed by atoms with Crippen molar-refractivity contribution in [1.82, 2.24) is 4.98 Å². The molecule has 0 atom stereocenters. The summed E-state index contributed by atoms with van der Waals surface area (Å²) in [5, 5.41) is 0. The van der Waals surface area contributed by atoms with Crippen LogP contribution in [0.15, 0.2) is 53.3 Å². The molecule has 7 heteroatoms. The lowest BCUT2D eigenvalue weighted by molar-refractivity contribution is -0.103. The number of rotatable bonds is 5. The zero-order chi connectivity index (χ0) is 21.0. The van der Waals surface area contributed by atoms with Gasteiger partial charge in [0.15, 0.2) is 5.57 Å². The minimum Gasteiger partial charge on any atom is -0.488 e. The molecule has 0 aromatic carbocycles. The molecule has 0 aliphatic rings. The second-order valence-electron chi connectivity index (χ2n) is 7.97. The third-order valence-electron chi connectivity index (χ3n) is 2.96. The molecule has 150 valence electrons. The normalized spacial score (nSPS) is 14.5. The Bertz CT molecular complexity index is 722. The maximum atomic E-state index is 13.9. The number of ether oxygens (including phenoxy) is 2. The minimum absolute atomic E-state index is 0.327. The molecule has 0 amide bonds. The monoisotopic (exact) mass is 384 g/mol. The number of hydrogen-bond donors (Lipinski definition) is 0. The van der Waals surface area contributed by atoms with Crippen LogP contribution in [0.2, 0.25) is 0 Å². The van der Waals surface area contributed by atoms with E-state index in [4.69, 9.17) is 9.47 Å². The van der Waals surface area contributed by atoms with Crippen LogP contribution < -0.4 is 0 Å². The highest BCUT2D eigenvalue weighted by atomic mass is 19.4. The van der Waals surface area contributed by atoms with Gasteiger partial charge in [-0.2, -0.15) is 13.2 Å².